The molecule has 3 heteroatoms. The summed E-state index contributed by atoms with van der Waals surface area (Å²) in [6.07, 6.45) is 1.62. The van der Waals surface area contributed by atoms with E-state index in [0.29, 0.717) is 5.58 Å². The number of hydrogen-bond acceptors (Lipinski definition) is 3. The van der Waals surface area contributed by atoms with E-state index >= 15 is 0 Å². The molecule has 0 unspecified atom stereocenters. The minimum Gasteiger partial charge on any atom is -0.504 e. The number of phenols is 1. The second-order valence-corrected chi connectivity index (χ2v) is 5.33. The quantitative estimate of drug-likeness (QED) is 0.524. The average molecular weight is 266 g/mol. The highest BCUT2D eigenvalue weighted by molar-refractivity contribution is 7.18. The average Bonchev–Trinajstić information content (AvgIpc) is 3.08. The van der Waals surface area contributed by atoms with Gasteiger partial charge in [-0.05, 0) is 23.1 Å². The Morgan fingerprint density at radius 3 is 2.63 bits per heavy atom. The summed E-state index contributed by atoms with van der Waals surface area (Å²) in [5, 5.41) is 14.7. The van der Waals surface area contributed by atoms with Crippen molar-refractivity contribution in [3.05, 3.63) is 54.1 Å². The third kappa shape index (κ3) is 1.42. The first-order chi connectivity index (χ1) is 9.36. The minimum atomic E-state index is 0.223. The Balaban J connectivity index is 2.24. The third-order valence-corrected chi connectivity index (χ3v) is 4.29. The van der Waals surface area contributed by atoms with Crippen molar-refractivity contribution in [2.45, 2.75) is 0 Å². The Labute approximate surface area is 113 Å². The van der Waals surface area contributed by atoms with Crippen LogP contribution in [0.25, 0.3) is 32.2 Å². The van der Waals surface area contributed by atoms with Gasteiger partial charge in [-0.2, -0.15) is 0 Å². The van der Waals surface area contributed by atoms with E-state index in [9.17, 15) is 5.11 Å². The Hall–Kier alpha value is -2.26. The summed E-state index contributed by atoms with van der Waals surface area (Å²) in [5.74, 6) is 0.223. The van der Waals surface area contributed by atoms with Crippen molar-refractivity contribution >= 4 is 32.4 Å². The number of furan rings is 1. The summed E-state index contributed by atoms with van der Waals surface area (Å²) in [6, 6.07) is 13.9. The van der Waals surface area contributed by atoms with Gasteiger partial charge in [0.25, 0.3) is 0 Å². The fraction of sp³-hybridized carbons (Fsp3) is 0. The molecule has 0 spiro atoms. The Kier molecular flexibility index (Phi) is 2.17. The van der Waals surface area contributed by atoms with E-state index in [-0.39, 0.29) is 5.75 Å². The molecule has 0 amide bonds. The van der Waals surface area contributed by atoms with Crippen molar-refractivity contribution in [2.24, 2.45) is 0 Å². The predicted molar refractivity (Wildman–Crippen MR) is 78.7 cm³/mol. The van der Waals surface area contributed by atoms with Gasteiger partial charge in [0, 0.05) is 21.0 Å². The van der Waals surface area contributed by atoms with Gasteiger partial charge in [0.2, 0.25) is 0 Å². The van der Waals surface area contributed by atoms with E-state index in [0.717, 1.165) is 26.6 Å². The molecule has 4 rings (SSSR count). The Morgan fingerprint density at radius 1 is 0.947 bits per heavy atom. The lowest BCUT2D eigenvalue weighted by Gasteiger charge is -2.07. The van der Waals surface area contributed by atoms with Crippen LogP contribution >= 0.6 is 11.3 Å². The number of benzene rings is 2. The maximum atomic E-state index is 10.5. The standard InChI is InChI=1S/C16H10O2S/c17-14-13(10-4-2-1-3-5-10)16-12(7-9-19-16)11-6-8-18-15(11)14/h1-9,17H. The smallest absolute Gasteiger partial charge is 0.176 e. The molecule has 2 heterocycles. The van der Waals surface area contributed by atoms with Crippen LogP contribution in [0.5, 0.6) is 5.75 Å². The van der Waals surface area contributed by atoms with Gasteiger partial charge < -0.3 is 9.52 Å². The summed E-state index contributed by atoms with van der Waals surface area (Å²) in [4.78, 5) is 0. The van der Waals surface area contributed by atoms with Crippen molar-refractivity contribution in [1.29, 1.82) is 0 Å². The Bertz CT molecular complexity index is 872. The van der Waals surface area contributed by atoms with Gasteiger partial charge in [0.15, 0.2) is 11.3 Å². The van der Waals surface area contributed by atoms with Gasteiger partial charge in [0.05, 0.1) is 6.26 Å². The highest BCUT2D eigenvalue weighted by atomic mass is 32.1. The fourth-order valence-electron chi connectivity index (χ4n) is 2.51. The SMILES string of the molecule is Oc1c(-c2ccccc2)c2sccc2c2ccoc12. The molecule has 19 heavy (non-hydrogen) atoms. The van der Waals surface area contributed by atoms with Gasteiger partial charge in [-0.15, -0.1) is 11.3 Å². The monoisotopic (exact) mass is 266 g/mol. The van der Waals surface area contributed by atoms with Crippen LogP contribution in [0.3, 0.4) is 0 Å². The molecule has 4 aromatic rings. The lowest BCUT2D eigenvalue weighted by molar-refractivity contribution is 0.467. The zero-order valence-electron chi connectivity index (χ0n) is 9.96. The minimum absolute atomic E-state index is 0.223. The van der Waals surface area contributed by atoms with Crippen molar-refractivity contribution < 1.29 is 9.52 Å². The van der Waals surface area contributed by atoms with Crippen molar-refractivity contribution in [1.82, 2.24) is 0 Å². The van der Waals surface area contributed by atoms with E-state index in [1.54, 1.807) is 17.6 Å². The van der Waals surface area contributed by atoms with Crippen LogP contribution in [-0.2, 0) is 0 Å². The lowest BCUT2D eigenvalue weighted by Crippen LogP contribution is -1.81. The summed E-state index contributed by atoms with van der Waals surface area (Å²) in [7, 11) is 0. The second kappa shape index (κ2) is 3.87. The topological polar surface area (TPSA) is 33.4 Å². The number of aromatic hydroxyl groups is 1. The summed E-state index contributed by atoms with van der Waals surface area (Å²) in [6.45, 7) is 0. The molecular formula is C16H10O2S. The Morgan fingerprint density at radius 2 is 1.79 bits per heavy atom. The van der Waals surface area contributed by atoms with Crippen LogP contribution in [0.1, 0.15) is 0 Å². The molecule has 2 aromatic carbocycles. The second-order valence-electron chi connectivity index (χ2n) is 4.42. The van der Waals surface area contributed by atoms with Crippen LogP contribution in [0.2, 0.25) is 0 Å². The maximum absolute atomic E-state index is 10.5. The molecular weight excluding hydrogens is 256 g/mol. The number of fused-ring (bicyclic) bond motifs is 3. The van der Waals surface area contributed by atoms with E-state index in [4.69, 9.17) is 4.42 Å². The highest BCUT2D eigenvalue weighted by Crippen LogP contribution is 2.45. The first-order valence-corrected chi connectivity index (χ1v) is 6.89. The van der Waals surface area contributed by atoms with E-state index in [1.807, 2.05) is 41.8 Å². The van der Waals surface area contributed by atoms with Gasteiger partial charge in [-0.1, -0.05) is 30.3 Å². The number of rotatable bonds is 1. The molecule has 0 aliphatic carbocycles. The van der Waals surface area contributed by atoms with Gasteiger partial charge >= 0.3 is 0 Å². The van der Waals surface area contributed by atoms with Gasteiger partial charge in [0.1, 0.15) is 0 Å². The first-order valence-electron chi connectivity index (χ1n) is 6.01. The zero-order valence-corrected chi connectivity index (χ0v) is 10.8. The molecule has 0 saturated carbocycles. The van der Waals surface area contributed by atoms with Crippen molar-refractivity contribution in [3.63, 3.8) is 0 Å². The summed E-state index contributed by atoms with van der Waals surface area (Å²) >= 11 is 1.64. The van der Waals surface area contributed by atoms with E-state index in [1.165, 1.54) is 0 Å². The maximum Gasteiger partial charge on any atom is 0.176 e. The normalized spacial score (nSPS) is 11.4. The molecule has 0 bridgehead atoms. The van der Waals surface area contributed by atoms with Crippen LogP contribution in [0, 0.1) is 0 Å². The lowest BCUT2D eigenvalue weighted by atomic mass is 10.0. The van der Waals surface area contributed by atoms with Gasteiger partial charge in [-0.3, -0.25) is 0 Å². The molecule has 0 radical (unpaired) electrons. The molecule has 0 fully saturated rings. The highest BCUT2D eigenvalue weighted by Gasteiger charge is 2.18. The number of phenolic OH excluding ortho intramolecular Hbond substituents is 1. The van der Waals surface area contributed by atoms with Crippen LogP contribution < -0.4 is 0 Å². The predicted octanol–water partition coefficient (Wildman–Crippen LogP) is 5.02. The summed E-state index contributed by atoms with van der Waals surface area (Å²) in [5.41, 5.74) is 2.42. The number of thiophene rings is 1. The molecule has 0 saturated heterocycles. The van der Waals surface area contributed by atoms with E-state index in [2.05, 4.69) is 6.07 Å². The van der Waals surface area contributed by atoms with Crippen molar-refractivity contribution in [3.8, 4) is 16.9 Å². The molecule has 2 aromatic heterocycles. The fourth-order valence-corrected chi connectivity index (χ4v) is 3.49. The van der Waals surface area contributed by atoms with Crippen molar-refractivity contribution in [2.75, 3.05) is 0 Å². The molecule has 0 aliphatic heterocycles. The zero-order chi connectivity index (χ0) is 12.8. The number of hydrogen-bond donors (Lipinski definition) is 1. The molecule has 1 N–H and O–H groups in total. The van der Waals surface area contributed by atoms with Crippen LogP contribution in [0.4, 0.5) is 0 Å². The first kappa shape index (κ1) is 10.6. The van der Waals surface area contributed by atoms with Crippen LogP contribution in [-0.4, -0.2) is 5.11 Å². The van der Waals surface area contributed by atoms with Crippen LogP contribution in [0.15, 0.2) is 58.5 Å². The third-order valence-electron chi connectivity index (χ3n) is 3.36. The molecule has 92 valence electrons. The largest absolute Gasteiger partial charge is 0.504 e. The van der Waals surface area contributed by atoms with E-state index < -0.39 is 0 Å². The van der Waals surface area contributed by atoms with Gasteiger partial charge in [-0.25, -0.2) is 0 Å². The molecule has 0 atom stereocenters. The molecule has 2 nitrogen and oxygen atoms in total. The summed E-state index contributed by atoms with van der Waals surface area (Å²) < 4.78 is 6.54. The molecule has 0 aliphatic rings.